The highest BCUT2D eigenvalue weighted by atomic mass is 16.2. The fourth-order valence-electron chi connectivity index (χ4n) is 3.38. The van der Waals surface area contributed by atoms with Crippen LogP contribution in [0.2, 0.25) is 0 Å². The normalized spacial score (nSPS) is 14.4. The molecule has 1 unspecified atom stereocenters. The fraction of sp³-hybridized carbons (Fsp3) is 0.238. The molecule has 3 aromatic rings. The summed E-state index contributed by atoms with van der Waals surface area (Å²) in [6, 6.07) is 12.5. The Morgan fingerprint density at radius 1 is 1.14 bits per heavy atom. The zero-order valence-electron chi connectivity index (χ0n) is 15.7. The smallest absolute Gasteiger partial charge is 0.261 e. The zero-order chi connectivity index (χ0) is 19.8. The van der Waals surface area contributed by atoms with Gasteiger partial charge in [-0.2, -0.15) is 0 Å². The van der Waals surface area contributed by atoms with Crippen molar-refractivity contribution in [1.82, 2.24) is 20.2 Å². The fourth-order valence-corrected chi connectivity index (χ4v) is 3.38. The molecule has 2 N–H and O–H groups in total. The summed E-state index contributed by atoms with van der Waals surface area (Å²) in [6.07, 6.45) is 0.0367. The number of imide groups is 1. The highest BCUT2D eigenvalue weighted by molar-refractivity contribution is 6.21. The molecule has 28 heavy (non-hydrogen) atoms. The maximum Gasteiger partial charge on any atom is 0.261 e. The molecular formula is C21H20N4O3. The van der Waals surface area contributed by atoms with Gasteiger partial charge in [-0.3, -0.25) is 19.3 Å². The Kier molecular flexibility index (Phi) is 4.43. The van der Waals surface area contributed by atoms with E-state index in [1.54, 1.807) is 18.2 Å². The van der Waals surface area contributed by atoms with Crippen molar-refractivity contribution in [2.45, 2.75) is 26.3 Å². The Balaban J connectivity index is 1.38. The number of fused-ring (bicyclic) bond motifs is 2. The molecule has 1 aliphatic rings. The summed E-state index contributed by atoms with van der Waals surface area (Å²) in [5, 5.41) is 2.86. The molecule has 7 heteroatoms. The van der Waals surface area contributed by atoms with Crippen LogP contribution in [0.4, 0.5) is 0 Å². The second-order valence-corrected chi connectivity index (χ2v) is 6.99. The van der Waals surface area contributed by atoms with Crippen molar-refractivity contribution in [2.75, 3.05) is 6.54 Å². The molecule has 142 valence electrons. The standard InChI is InChI=1S/C21H20N4O3/c1-12-7-8-14-15(11-12)21(28)25(20(14)27)10-9-18(26)22-13(2)19-23-16-5-3-4-6-17(16)24-19/h3-8,11,13H,9-10H2,1-2H3,(H,22,26)(H,23,24). The van der Waals surface area contributed by atoms with Gasteiger partial charge >= 0.3 is 0 Å². The van der Waals surface area contributed by atoms with Crippen molar-refractivity contribution >= 4 is 28.8 Å². The van der Waals surface area contributed by atoms with Gasteiger partial charge in [-0.1, -0.05) is 23.8 Å². The number of H-pyrrole nitrogens is 1. The number of para-hydroxylation sites is 2. The number of imidazole rings is 1. The largest absolute Gasteiger partial charge is 0.346 e. The third kappa shape index (κ3) is 3.15. The first-order chi connectivity index (χ1) is 13.4. The van der Waals surface area contributed by atoms with Crippen LogP contribution in [-0.2, 0) is 4.79 Å². The van der Waals surface area contributed by atoms with Crippen LogP contribution in [0.25, 0.3) is 11.0 Å². The predicted octanol–water partition coefficient (Wildman–Crippen LogP) is 2.73. The highest BCUT2D eigenvalue weighted by Gasteiger charge is 2.35. The Labute approximate surface area is 161 Å². The number of aryl methyl sites for hydroxylation is 1. The molecule has 2 heterocycles. The summed E-state index contributed by atoms with van der Waals surface area (Å²) in [5.41, 5.74) is 3.45. The van der Waals surface area contributed by atoms with E-state index in [0.717, 1.165) is 21.5 Å². The lowest BCUT2D eigenvalue weighted by molar-refractivity contribution is -0.121. The lowest BCUT2D eigenvalue weighted by Gasteiger charge is -2.15. The van der Waals surface area contributed by atoms with Crippen LogP contribution in [0, 0.1) is 6.92 Å². The molecule has 0 fully saturated rings. The minimum Gasteiger partial charge on any atom is -0.346 e. The van der Waals surface area contributed by atoms with Crippen LogP contribution in [-0.4, -0.2) is 39.1 Å². The Hall–Kier alpha value is -3.48. The van der Waals surface area contributed by atoms with Gasteiger partial charge < -0.3 is 10.3 Å². The van der Waals surface area contributed by atoms with Gasteiger partial charge in [0.05, 0.1) is 28.2 Å². The number of amides is 3. The molecule has 2 aromatic carbocycles. The van der Waals surface area contributed by atoms with Crippen molar-refractivity contribution < 1.29 is 14.4 Å². The van der Waals surface area contributed by atoms with Gasteiger partial charge in [0.15, 0.2) is 0 Å². The zero-order valence-corrected chi connectivity index (χ0v) is 15.7. The summed E-state index contributed by atoms with van der Waals surface area (Å²) >= 11 is 0. The molecule has 7 nitrogen and oxygen atoms in total. The molecule has 1 aromatic heterocycles. The Morgan fingerprint density at radius 2 is 1.89 bits per heavy atom. The minimum atomic E-state index is -0.349. The number of hydrogen-bond donors (Lipinski definition) is 2. The lowest BCUT2D eigenvalue weighted by Crippen LogP contribution is -2.35. The summed E-state index contributed by atoms with van der Waals surface area (Å²) in [4.78, 5) is 46.0. The van der Waals surface area contributed by atoms with Gasteiger partial charge in [0, 0.05) is 13.0 Å². The van der Waals surface area contributed by atoms with Gasteiger partial charge in [0.1, 0.15) is 5.82 Å². The van der Waals surface area contributed by atoms with Crippen LogP contribution in [0.3, 0.4) is 0 Å². The molecule has 0 saturated heterocycles. The summed E-state index contributed by atoms with van der Waals surface area (Å²) in [5.74, 6) is -0.286. The van der Waals surface area contributed by atoms with E-state index in [9.17, 15) is 14.4 Å². The Morgan fingerprint density at radius 3 is 2.68 bits per heavy atom. The van der Waals surface area contributed by atoms with Crippen LogP contribution < -0.4 is 5.32 Å². The number of benzene rings is 2. The number of carbonyl (C=O) groups is 3. The van der Waals surface area contributed by atoms with Gasteiger partial charge in [0.25, 0.3) is 11.8 Å². The minimum absolute atomic E-state index is 0.0367. The molecule has 3 amide bonds. The summed E-state index contributed by atoms with van der Waals surface area (Å²) in [6.45, 7) is 3.75. The van der Waals surface area contributed by atoms with E-state index < -0.39 is 0 Å². The predicted molar refractivity (Wildman–Crippen MR) is 104 cm³/mol. The SMILES string of the molecule is Cc1ccc2c(c1)C(=O)N(CCC(=O)NC(C)c1nc3ccccc3[nH]1)C2=O. The van der Waals surface area contributed by atoms with E-state index in [1.807, 2.05) is 38.1 Å². The molecule has 0 spiro atoms. The van der Waals surface area contributed by atoms with Crippen molar-refractivity contribution in [3.8, 4) is 0 Å². The number of rotatable bonds is 5. The van der Waals surface area contributed by atoms with Gasteiger partial charge in [-0.05, 0) is 38.1 Å². The van der Waals surface area contributed by atoms with Gasteiger partial charge in [0.2, 0.25) is 5.91 Å². The van der Waals surface area contributed by atoms with Crippen LogP contribution in [0.5, 0.6) is 0 Å². The van der Waals surface area contributed by atoms with Crippen molar-refractivity contribution in [3.05, 3.63) is 65.0 Å². The second kappa shape index (κ2) is 6.92. The monoisotopic (exact) mass is 376 g/mol. The van der Waals surface area contributed by atoms with Crippen molar-refractivity contribution in [3.63, 3.8) is 0 Å². The van der Waals surface area contributed by atoms with E-state index in [4.69, 9.17) is 0 Å². The lowest BCUT2D eigenvalue weighted by atomic mass is 10.1. The molecular weight excluding hydrogens is 356 g/mol. The van der Waals surface area contributed by atoms with E-state index in [-0.39, 0.29) is 36.7 Å². The molecule has 0 saturated carbocycles. The maximum atomic E-state index is 12.5. The van der Waals surface area contributed by atoms with Crippen LogP contribution in [0.1, 0.15) is 51.5 Å². The Bertz CT molecular complexity index is 1070. The van der Waals surface area contributed by atoms with Crippen molar-refractivity contribution in [2.24, 2.45) is 0 Å². The average molecular weight is 376 g/mol. The number of nitrogens with one attached hydrogen (secondary N) is 2. The molecule has 1 aliphatic heterocycles. The number of carbonyl (C=O) groups excluding carboxylic acids is 3. The number of hydrogen-bond acceptors (Lipinski definition) is 4. The van der Waals surface area contributed by atoms with Crippen molar-refractivity contribution in [1.29, 1.82) is 0 Å². The molecule has 0 radical (unpaired) electrons. The van der Waals surface area contributed by atoms with Gasteiger partial charge in [-0.15, -0.1) is 0 Å². The summed E-state index contributed by atoms with van der Waals surface area (Å²) < 4.78 is 0. The van der Waals surface area contributed by atoms with E-state index in [1.165, 1.54) is 0 Å². The van der Waals surface area contributed by atoms with Crippen LogP contribution >= 0.6 is 0 Å². The van der Waals surface area contributed by atoms with E-state index >= 15 is 0 Å². The van der Waals surface area contributed by atoms with E-state index in [2.05, 4.69) is 15.3 Å². The topological polar surface area (TPSA) is 95.2 Å². The number of aromatic amines is 1. The molecule has 0 bridgehead atoms. The molecule has 0 aliphatic carbocycles. The quantitative estimate of drug-likeness (QED) is 0.670. The highest BCUT2D eigenvalue weighted by Crippen LogP contribution is 2.24. The molecule has 1 atom stereocenters. The first-order valence-electron chi connectivity index (χ1n) is 9.15. The molecule has 4 rings (SSSR count). The summed E-state index contributed by atoms with van der Waals surface area (Å²) in [7, 11) is 0. The maximum absolute atomic E-state index is 12.5. The third-order valence-electron chi connectivity index (χ3n) is 4.88. The third-order valence-corrected chi connectivity index (χ3v) is 4.88. The van der Waals surface area contributed by atoms with Crippen LogP contribution in [0.15, 0.2) is 42.5 Å². The number of nitrogens with zero attached hydrogens (tertiary/aromatic N) is 2. The van der Waals surface area contributed by atoms with E-state index in [0.29, 0.717) is 17.0 Å². The van der Waals surface area contributed by atoms with Gasteiger partial charge in [-0.25, -0.2) is 4.98 Å². The first-order valence-corrected chi connectivity index (χ1v) is 9.15. The number of aromatic nitrogens is 2. The average Bonchev–Trinajstić information content (AvgIpc) is 3.20. The first kappa shape index (κ1) is 17.9. The second-order valence-electron chi connectivity index (χ2n) is 6.99.